The molecule has 2 aromatic rings. The summed E-state index contributed by atoms with van der Waals surface area (Å²) in [5.74, 6) is -0.964. The molecular formula is C15H14ClF2N. The molecule has 0 bridgehead atoms. The highest BCUT2D eigenvalue weighted by molar-refractivity contribution is 6.30. The van der Waals surface area contributed by atoms with Gasteiger partial charge < -0.3 is 5.32 Å². The van der Waals surface area contributed by atoms with Crippen molar-refractivity contribution in [2.75, 3.05) is 6.54 Å². The van der Waals surface area contributed by atoms with Gasteiger partial charge in [-0.15, -0.1) is 0 Å². The molecule has 0 fully saturated rings. The van der Waals surface area contributed by atoms with Gasteiger partial charge in [0.2, 0.25) is 0 Å². The Morgan fingerprint density at radius 3 is 2.47 bits per heavy atom. The van der Waals surface area contributed by atoms with Crippen molar-refractivity contribution in [2.45, 2.75) is 13.5 Å². The van der Waals surface area contributed by atoms with Crippen molar-refractivity contribution in [1.82, 2.24) is 5.32 Å². The third-order valence-electron chi connectivity index (χ3n) is 2.83. The smallest absolute Gasteiger partial charge is 0.132 e. The van der Waals surface area contributed by atoms with E-state index in [1.54, 1.807) is 18.2 Å². The zero-order valence-corrected chi connectivity index (χ0v) is 11.3. The van der Waals surface area contributed by atoms with Crippen molar-refractivity contribution >= 4 is 11.6 Å². The summed E-state index contributed by atoms with van der Waals surface area (Å²) < 4.78 is 27.7. The van der Waals surface area contributed by atoms with Crippen LogP contribution in [0.25, 0.3) is 11.1 Å². The molecule has 100 valence electrons. The molecule has 2 aromatic carbocycles. The lowest BCUT2D eigenvalue weighted by atomic mass is 10.0. The van der Waals surface area contributed by atoms with Crippen molar-refractivity contribution in [2.24, 2.45) is 0 Å². The van der Waals surface area contributed by atoms with E-state index >= 15 is 0 Å². The highest BCUT2D eigenvalue weighted by atomic mass is 35.5. The van der Waals surface area contributed by atoms with Gasteiger partial charge in [0.15, 0.2) is 0 Å². The van der Waals surface area contributed by atoms with Crippen LogP contribution in [-0.4, -0.2) is 6.54 Å². The minimum atomic E-state index is -0.521. The lowest BCUT2D eigenvalue weighted by Gasteiger charge is -2.09. The molecule has 0 radical (unpaired) electrons. The zero-order valence-electron chi connectivity index (χ0n) is 10.5. The minimum absolute atomic E-state index is 0.222. The Morgan fingerprint density at radius 1 is 1.00 bits per heavy atom. The summed E-state index contributed by atoms with van der Waals surface area (Å²) in [6.07, 6.45) is 0. The Kier molecular flexibility index (Phi) is 4.51. The minimum Gasteiger partial charge on any atom is -0.313 e. The highest BCUT2D eigenvalue weighted by Crippen LogP contribution is 2.28. The van der Waals surface area contributed by atoms with Gasteiger partial charge in [0.05, 0.1) is 0 Å². The molecule has 0 aliphatic rings. The van der Waals surface area contributed by atoms with Gasteiger partial charge in [-0.1, -0.05) is 24.6 Å². The molecule has 19 heavy (non-hydrogen) atoms. The topological polar surface area (TPSA) is 12.0 Å². The van der Waals surface area contributed by atoms with Gasteiger partial charge >= 0.3 is 0 Å². The molecule has 0 amide bonds. The van der Waals surface area contributed by atoms with Crippen LogP contribution in [0.1, 0.15) is 12.5 Å². The molecule has 0 aliphatic heterocycles. The van der Waals surface area contributed by atoms with Crippen LogP contribution >= 0.6 is 11.6 Å². The van der Waals surface area contributed by atoms with E-state index in [2.05, 4.69) is 5.32 Å². The second kappa shape index (κ2) is 6.13. The Hall–Kier alpha value is -1.45. The first kappa shape index (κ1) is 14.0. The molecule has 0 aliphatic carbocycles. The van der Waals surface area contributed by atoms with E-state index in [0.717, 1.165) is 12.1 Å². The molecular weight excluding hydrogens is 268 g/mol. The van der Waals surface area contributed by atoms with Crippen LogP contribution in [0.4, 0.5) is 8.78 Å². The number of hydrogen-bond donors (Lipinski definition) is 1. The van der Waals surface area contributed by atoms with Crippen molar-refractivity contribution < 1.29 is 8.78 Å². The molecule has 0 unspecified atom stereocenters. The molecule has 0 aromatic heterocycles. The summed E-state index contributed by atoms with van der Waals surface area (Å²) in [4.78, 5) is 0. The molecule has 0 saturated carbocycles. The van der Waals surface area contributed by atoms with E-state index in [1.165, 1.54) is 18.2 Å². The van der Waals surface area contributed by atoms with E-state index in [-0.39, 0.29) is 11.1 Å². The molecule has 0 atom stereocenters. The third-order valence-corrected chi connectivity index (χ3v) is 3.07. The van der Waals surface area contributed by atoms with E-state index < -0.39 is 11.6 Å². The summed E-state index contributed by atoms with van der Waals surface area (Å²) in [5.41, 5.74) is 1.39. The van der Waals surface area contributed by atoms with Crippen molar-refractivity contribution in [1.29, 1.82) is 0 Å². The van der Waals surface area contributed by atoms with Crippen LogP contribution in [0.5, 0.6) is 0 Å². The van der Waals surface area contributed by atoms with Crippen molar-refractivity contribution in [3.05, 3.63) is 58.6 Å². The summed E-state index contributed by atoms with van der Waals surface area (Å²) in [6, 6.07) is 8.94. The first-order chi connectivity index (χ1) is 9.11. The molecule has 1 nitrogen and oxygen atoms in total. The Balaban J connectivity index is 2.42. The van der Waals surface area contributed by atoms with E-state index in [0.29, 0.717) is 11.6 Å². The Bertz CT molecular complexity index is 584. The maximum Gasteiger partial charge on any atom is 0.132 e. The summed E-state index contributed by atoms with van der Waals surface area (Å²) in [5, 5.41) is 3.45. The third kappa shape index (κ3) is 3.31. The zero-order chi connectivity index (χ0) is 13.8. The van der Waals surface area contributed by atoms with E-state index in [1.807, 2.05) is 6.92 Å². The monoisotopic (exact) mass is 281 g/mol. The molecule has 0 saturated heterocycles. The average molecular weight is 282 g/mol. The standard InChI is InChI=1S/C15H14ClF2N/c1-2-19-9-10-3-6-14(17)13(7-10)12-5-4-11(16)8-15(12)18/h3-8,19H,2,9H2,1H3. The van der Waals surface area contributed by atoms with Gasteiger partial charge in [-0.25, -0.2) is 8.78 Å². The number of hydrogen-bond acceptors (Lipinski definition) is 1. The van der Waals surface area contributed by atoms with Gasteiger partial charge in [0.1, 0.15) is 11.6 Å². The van der Waals surface area contributed by atoms with E-state index in [4.69, 9.17) is 11.6 Å². The number of nitrogens with one attached hydrogen (secondary N) is 1. The van der Waals surface area contributed by atoms with Gasteiger partial charge in [0, 0.05) is 22.7 Å². The summed E-state index contributed by atoms with van der Waals surface area (Å²) in [7, 11) is 0. The van der Waals surface area contributed by atoms with Crippen LogP contribution in [0, 0.1) is 11.6 Å². The second-order valence-electron chi connectivity index (χ2n) is 4.22. The summed E-state index contributed by atoms with van der Waals surface area (Å²) >= 11 is 5.70. The number of benzene rings is 2. The SMILES string of the molecule is CCNCc1ccc(F)c(-c2ccc(Cl)cc2F)c1. The Labute approximate surface area is 116 Å². The normalized spacial score (nSPS) is 10.7. The van der Waals surface area contributed by atoms with Crippen LogP contribution in [-0.2, 0) is 6.54 Å². The van der Waals surface area contributed by atoms with Crippen molar-refractivity contribution in [3.63, 3.8) is 0 Å². The van der Waals surface area contributed by atoms with Gasteiger partial charge in [-0.3, -0.25) is 0 Å². The molecule has 1 N–H and O–H groups in total. The first-order valence-electron chi connectivity index (χ1n) is 6.06. The molecule has 4 heteroatoms. The van der Waals surface area contributed by atoms with Gasteiger partial charge in [-0.05, 0) is 42.4 Å². The van der Waals surface area contributed by atoms with Crippen LogP contribution in [0.3, 0.4) is 0 Å². The Morgan fingerprint density at radius 2 is 1.79 bits per heavy atom. The maximum atomic E-state index is 13.8. The van der Waals surface area contributed by atoms with Crippen LogP contribution in [0.2, 0.25) is 5.02 Å². The quantitative estimate of drug-likeness (QED) is 0.876. The van der Waals surface area contributed by atoms with Gasteiger partial charge in [-0.2, -0.15) is 0 Å². The fraction of sp³-hybridized carbons (Fsp3) is 0.200. The molecule has 0 spiro atoms. The van der Waals surface area contributed by atoms with Crippen LogP contribution in [0.15, 0.2) is 36.4 Å². The molecule has 0 heterocycles. The average Bonchev–Trinajstić information content (AvgIpc) is 2.38. The first-order valence-corrected chi connectivity index (χ1v) is 6.44. The van der Waals surface area contributed by atoms with E-state index in [9.17, 15) is 8.78 Å². The number of rotatable bonds is 4. The predicted octanol–water partition coefficient (Wildman–Crippen LogP) is 4.39. The fourth-order valence-electron chi connectivity index (χ4n) is 1.87. The largest absolute Gasteiger partial charge is 0.313 e. The maximum absolute atomic E-state index is 13.8. The number of halogens is 3. The second-order valence-corrected chi connectivity index (χ2v) is 4.66. The fourth-order valence-corrected chi connectivity index (χ4v) is 2.02. The van der Waals surface area contributed by atoms with Gasteiger partial charge in [0.25, 0.3) is 0 Å². The summed E-state index contributed by atoms with van der Waals surface area (Å²) in [6.45, 7) is 3.43. The molecule has 2 rings (SSSR count). The highest BCUT2D eigenvalue weighted by Gasteiger charge is 2.11. The lowest BCUT2D eigenvalue weighted by Crippen LogP contribution is -2.11. The predicted molar refractivity (Wildman–Crippen MR) is 74.2 cm³/mol. The van der Waals surface area contributed by atoms with Crippen LogP contribution < -0.4 is 5.32 Å². The lowest BCUT2D eigenvalue weighted by molar-refractivity contribution is 0.615. The van der Waals surface area contributed by atoms with Crippen molar-refractivity contribution in [3.8, 4) is 11.1 Å².